The maximum atomic E-state index is 11.2. The van der Waals surface area contributed by atoms with E-state index in [9.17, 15) is 4.79 Å². The van der Waals surface area contributed by atoms with Gasteiger partial charge in [-0.1, -0.05) is 13.8 Å². The van der Waals surface area contributed by atoms with Crippen LogP contribution < -0.4 is 0 Å². The van der Waals surface area contributed by atoms with Gasteiger partial charge in [-0.05, 0) is 33.1 Å². The minimum absolute atomic E-state index is 0.00238. The fraction of sp³-hybridized carbons (Fsp3) is 0.700. The predicted molar refractivity (Wildman–Crippen MR) is 52.7 cm³/mol. The number of carbonyl (C=O) groups is 1. The molecule has 0 aromatic carbocycles. The first-order valence-corrected chi connectivity index (χ1v) is 4.36. The molecule has 0 amide bonds. The summed E-state index contributed by atoms with van der Waals surface area (Å²) in [6, 6.07) is 0. The second-order valence-corrected chi connectivity index (χ2v) is 4.29. The summed E-state index contributed by atoms with van der Waals surface area (Å²) in [5, 5.41) is 7.39. The first kappa shape index (κ1) is 12.1. The summed E-state index contributed by atoms with van der Waals surface area (Å²) in [4.78, 5) is 11.2. The molecule has 0 saturated heterocycles. The molecule has 75 valence electrons. The first-order chi connectivity index (χ1) is 5.72. The van der Waals surface area contributed by atoms with E-state index in [1.165, 1.54) is 0 Å². The Morgan fingerprint density at radius 2 is 2.00 bits per heavy atom. The highest BCUT2D eigenvalue weighted by Gasteiger charge is 2.20. The summed E-state index contributed by atoms with van der Waals surface area (Å²) < 4.78 is 5.01. The normalized spacial score (nSPS) is 11.5. The number of ether oxygens (including phenoxy) is 1. The van der Waals surface area contributed by atoms with Gasteiger partial charge in [0.15, 0.2) is 0 Å². The van der Waals surface area contributed by atoms with Crippen molar-refractivity contribution in [2.24, 2.45) is 5.92 Å². The van der Waals surface area contributed by atoms with Gasteiger partial charge in [-0.2, -0.15) is 0 Å². The van der Waals surface area contributed by atoms with Crippen LogP contribution in [-0.2, 0) is 9.53 Å². The summed E-state index contributed by atoms with van der Waals surface area (Å²) in [5.41, 5.74) is -0.522. The van der Waals surface area contributed by atoms with Gasteiger partial charge in [-0.25, -0.2) is 4.79 Å². The highest BCUT2D eigenvalue weighted by Crippen LogP contribution is 2.09. The quantitative estimate of drug-likeness (QED) is 0.540. The lowest BCUT2D eigenvalue weighted by Gasteiger charge is -2.19. The van der Waals surface area contributed by atoms with E-state index in [2.05, 4.69) is 6.92 Å². The van der Waals surface area contributed by atoms with Crippen LogP contribution in [0.2, 0.25) is 0 Å². The van der Waals surface area contributed by atoms with E-state index in [4.69, 9.17) is 10.1 Å². The molecule has 0 aromatic heterocycles. The smallest absolute Gasteiger partial charge is 0.352 e. The summed E-state index contributed by atoms with van der Waals surface area (Å²) in [6.45, 7) is 10.9. The maximum Gasteiger partial charge on any atom is 0.352 e. The summed E-state index contributed by atoms with van der Waals surface area (Å²) in [5.74, 6) is -0.469. The molecule has 0 aliphatic rings. The molecular weight excluding hydrogens is 166 g/mol. The Bertz CT molecular complexity index is 201. The zero-order chi connectivity index (χ0) is 10.6. The lowest BCUT2D eigenvalue weighted by molar-refractivity contribution is -0.146. The van der Waals surface area contributed by atoms with Gasteiger partial charge in [-0.15, -0.1) is 0 Å². The fourth-order valence-electron chi connectivity index (χ4n) is 0.771. The molecule has 1 N–H and O–H groups in total. The van der Waals surface area contributed by atoms with Gasteiger partial charge in [0.25, 0.3) is 0 Å². The van der Waals surface area contributed by atoms with Crippen LogP contribution >= 0.6 is 0 Å². The maximum absolute atomic E-state index is 11.2. The van der Waals surface area contributed by atoms with Gasteiger partial charge in [0.05, 0.1) is 0 Å². The molecule has 1 atom stereocenters. The second-order valence-electron chi connectivity index (χ2n) is 4.29. The van der Waals surface area contributed by atoms with Crippen molar-refractivity contribution >= 4 is 11.7 Å². The number of carbonyl (C=O) groups excluding carboxylic acids is 1. The fourth-order valence-corrected chi connectivity index (χ4v) is 0.771. The summed E-state index contributed by atoms with van der Waals surface area (Å²) in [7, 11) is 0. The third-order valence-electron chi connectivity index (χ3n) is 1.20. The first-order valence-electron chi connectivity index (χ1n) is 4.36. The van der Waals surface area contributed by atoms with Crippen LogP contribution in [0.5, 0.6) is 0 Å². The molecule has 0 rings (SSSR count). The Balaban J connectivity index is 4.06. The van der Waals surface area contributed by atoms with Gasteiger partial charge in [0.1, 0.15) is 11.3 Å². The second kappa shape index (κ2) is 4.40. The predicted octanol–water partition coefficient (Wildman–Crippen LogP) is 2.21. The standard InChI is InChI=1S/C10H18NO2/c1-7(2)6-8(11)9(12)13-10(3,4)5/h7,11H,1,6H2,2-5H3/t7-/m0/s1. The average Bonchev–Trinajstić information content (AvgIpc) is 1.81. The third kappa shape index (κ3) is 6.31. The van der Waals surface area contributed by atoms with E-state index in [-0.39, 0.29) is 11.6 Å². The van der Waals surface area contributed by atoms with E-state index in [1.54, 1.807) is 20.8 Å². The lowest BCUT2D eigenvalue weighted by atomic mass is 10.1. The summed E-state index contributed by atoms with van der Waals surface area (Å²) in [6.07, 6.45) is 0.370. The Morgan fingerprint density at radius 3 is 2.31 bits per heavy atom. The molecule has 3 heteroatoms. The SMILES string of the molecule is [CH2][C@@H](C)CC(=N)C(=O)OC(C)(C)C. The zero-order valence-electron chi connectivity index (χ0n) is 8.81. The lowest BCUT2D eigenvalue weighted by Crippen LogP contribution is -2.29. The molecule has 0 bridgehead atoms. The van der Waals surface area contributed by atoms with Crippen molar-refractivity contribution in [2.75, 3.05) is 0 Å². The van der Waals surface area contributed by atoms with Gasteiger partial charge >= 0.3 is 5.97 Å². The van der Waals surface area contributed by atoms with Gasteiger partial charge < -0.3 is 4.74 Å². The molecular formula is C10H18NO2. The number of hydrogen-bond donors (Lipinski definition) is 1. The van der Waals surface area contributed by atoms with Crippen molar-refractivity contribution in [3.8, 4) is 0 Å². The minimum atomic E-state index is -0.539. The van der Waals surface area contributed by atoms with Gasteiger partial charge in [-0.3, -0.25) is 5.41 Å². The Kier molecular flexibility index (Phi) is 4.11. The van der Waals surface area contributed by atoms with E-state index >= 15 is 0 Å². The molecule has 13 heavy (non-hydrogen) atoms. The molecule has 0 aromatic rings. The average molecular weight is 184 g/mol. The number of esters is 1. The van der Waals surface area contributed by atoms with Crippen LogP contribution in [0.15, 0.2) is 0 Å². The Hall–Kier alpha value is -0.860. The molecule has 0 fully saturated rings. The number of nitrogens with one attached hydrogen (secondary N) is 1. The summed E-state index contributed by atoms with van der Waals surface area (Å²) >= 11 is 0. The van der Waals surface area contributed by atoms with E-state index in [0.29, 0.717) is 6.42 Å². The molecule has 0 unspecified atom stereocenters. The van der Waals surface area contributed by atoms with Crippen LogP contribution in [0.4, 0.5) is 0 Å². The van der Waals surface area contributed by atoms with Crippen molar-refractivity contribution in [1.29, 1.82) is 5.41 Å². The van der Waals surface area contributed by atoms with Crippen molar-refractivity contribution in [3.63, 3.8) is 0 Å². The van der Waals surface area contributed by atoms with Crippen molar-refractivity contribution < 1.29 is 9.53 Å². The molecule has 0 saturated carbocycles. The van der Waals surface area contributed by atoms with E-state index in [0.717, 1.165) is 0 Å². The van der Waals surface area contributed by atoms with Crippen LogP contribution in [0, 0.1) is 18.3 Å². The van der Waals surface area contributed by atoms with Crippen LogP contribution in [-0.4, -0.2) is 17.3 Å². The topological polar surface area (TPSA) is 50.2 Å². The molecule has 0 spiro atoms. The monoisotopic (exact) mass is 184 g/mol. The molecule has 0 aliphatic heterocycles. The highest BCUT2D eigenvalue weighted by molar-refractivity contribution is 6.35. The minimum Gasteiger partial charge on any atom is -0.456 e. The number of hydrogen-bond acceptors (Lipinski definition) is 3. The highest BCUT2D eigenvalue weighted by atomic mass is 16.6. The molecule has 3 nitrogen and oxygen atoms in total. The zero-order valence-corrected chi connectivity index (χ0v) is 8.81. The Morgan fingerprint density at radius 1 is 1.54 bits per heavy atom. The van der Waals surface area contributed by atoms with Crippen LogP contribution in [0.1, 0.15) is 34.1 Å². The van der Waals surface area contributed by atoms with Crippen molar-refractivity contribution in [2.45, 2.75) is 39.7 Å². The van der Waals surface area contributed by atoms with Gasteiger partial charge in [0.2, 0.25) is 0 Å². The Labute approximate surface area is 80.0 Å². The van der Waals surface area contributed by atoms with E-state index < -0.39 is 11.6 Å². The largest absolute Gasteiger partial charge is 0.456 e. The van der Waals surface area contributed by atoms with Crippen molar-refractivity contribution in [3.05, 3.63) is 6.92 Å². The van der Waals surface area contributed by atoms with E-state index in [1.807, 2.05) is 6.92 Å². The van der Waals surface area contributed by atoms with Crippen LogP contribution in [0.25, 0.3) is 0 Å². The molecule has 1 radical (unpaired) electrons. The third-order valence-corrected chi connectivity index (χ3v) is 1.20. The van der Waals surface area contributed by atoms with Crippen LogP contribution in [0.3, 0.4) is 0 Å². The molecule has 0 aliphatic carbocycles. The number of rotatable bonds is 3. The van der Waals surface area contributed by atoms with Crippen molar-refractivity contribution in [1.82, 2.24) is 0 Å². The molecule has 0 heterocycles. The van der Waals surface area contributed by atoms with Gasteiger partial charge in [0, 0.05) is 0 Å².